The average molecular weight is 307 g/mol. The van der Waals surface area contributed by atoms with Gasteiger partial charge in [-0.3, -0.25) is 0 Å². The van der Waals surface area contributed by atoms with Crippen LogP contribution in [0.2, 0.25) is 0 Å². The van der Waals surface area contributed by atoms with Gasteiger partial charge >= 0.3 is 6.09 Å². The maximum absolute atomic E-state index is 12.3. The second kappa shape index (κ2) is 7.11. The van der Waals surface area contributed by atoms with Crippen LogP contribution in [-0.2, 0) is 9.47 Å². The minimum absolute atomic E-state index is 0.182. The van der Waals surface area contributed by atoms with E-state index < -0.39 is 11.7 Å². The van der Waals surface area contributed by atoms with E-state index in [1.165, 1.54) is 0 Å². The molecule has 1 fully saturated rings. The molecule has 2 rings (SSSR count). The van der Waals surface area contributed by atoms with Crippen LogP contribution in [0.5, 0.6) is 0 Å². The summed E-state index contributed by atoms with van der Waals surface area (Å²) in [5, 5.41) is 10.4. The second-order valence-corrected chi connectivity index (χ2v) is 6.56. The highest BCUT2D eigenvalue weighted by Crippen LogP contribution is 2.24. The predicted octanol–water partition coefficient (Wildman–Crippen LogP) is 2.75. The Labute approximate surface area is 131 Å². The Hall–Kier alpha value is -1.59. The van der Waals surface area contributed by atoms with Crippen molar-refractivity contribution in [2.45, 2.75) is 44.9 Å². The van der Waals surface area contributed by atoms with Gasteiger partial charge < -0.3 is 19.5 Å². The first-order chi connectivity index (χ1) is 10.4. The van der Waals surface area contributed by atoms with Crippen LogP contribution in [0.1, 0.15) is 38.9 Å². The van der Waals surface area contributed by atoms with Crippen LogP contribution in [0.3, 0.4) is 0 Å². The lowest BCUT2D eigenvalue weighted by Crippen LogP contribution is -2.50. The summed E-state index contributed by atoms with van der Waals surface area (Å²) in [6.07, 6.45) is -0.539. The Kier molecular flexibility index (Phi) is 5.42. The topological polar surface area (TPSA) is 59.0 Å². The van der Waals surface area contributed by atoms with Gasteiger partial charge in [0.1, 0.15) is 5.60 Å². The number of hydrogen-bond acceptors (Lipinski definition) is 4. The number of amides is 1. The van der Waals surface area contributed by atoms with Crippen molar-refractivity contribution >= 4 is 6.09 Å². The van der Waals surface area contributed by atoms with Gasteiger partial charge in [0.05, 0.1) is 25.4 Å². The summed E-state index contributed by atoms with van der Waals surface area (Å²) in [6.45, 7) is 6.94. The SMILES string of the molecule is CC(C)(C)OC(=O)N1CCOCC1CC(O)c1ccccc1. The largest absolute Gasteiger partial charge is 0.444 e. The van der Waals surface area contributed by atoms with Crippen LogP contribution in [0.25, 0.3) is 0 Å². The first-order valence-corrected chi connectivity index (χ1v) is 7.67. The molecule has 1 heterocycles. The molecular formula is C17H25NO4. The molecule has 0 spiro atoms. The molecule has 1 N–H and O–H groups in total. The lowest BCUT2D eigenvalue weighted by Gasteiger charge is -2.37. The van der Waals surface area contributed by atoms with Crippen LogP contribution in [-0.4, -0.2) is 47.5 Å². The van der Waals surface area contributed by atoms with Crippen LogP contribution in [0.15, 0.2) is 30.3 Å². The molecule has 1 saturated heterocycles. The van der Waals surface area contributed by atoms with Crippen molar-refractivity contribution in [2.75, 3.05) is 19.8 Å². The molecule has 0 aromatic heterocycles. The molecular weight excluding hydrogens is 282 g/mol. The third-order valence-corrected chi connectivity index (χ3v) is 3.54. The highest BCUT2D eigenvalue weighted by Gasteiger charge is 2.32. The van der Waals surface area contributed by atoms with Gasteiger partial charge in [0.25, 0.3) is 0 Å². The zero-order chi connectivity index (χ0) is 16.2. The van der Waals surface area contributed by atoms with E-state index in [2.05, 4.69) is 0 Å². The summed E-state index contributed by atoms with van der Waals surface area (Å²) < 4.78 is 10.9. The molecule has 1 aliphatic heterocycles. The van der Waals surface area contributed by atoms with Gasteiger partial charge in [-0.25, -0.2) is 4.79 Å². The Bertz CT molecular complexity index is 483. The quantitative estimate of drug-likeness (QED) is 0.933. The molecule has 22 heavy (non-hydrogen) atoms. The summed E-state index contributed by atoms with van der Waals surface area (Å²) in [7, 11) is 0. The number of nitrogens with zero attached hydrogens (tertiary/aromatic N) is 1. The molecule has 0 saturated carbocycles. The summed E-state index contributed by atoms with van der Waals surface area (Å²) in [5.41, 5.74) is 0.315. The standard InChI is InChI=1S/C17H25NO4/c1-17(2,3)22-16(20)18-9-10-21-12-14(18)11-15(19)13-7-5-4-6-8-13/h4-8,14-15,19H,9-12H2,1-3H3. The van der Waals surface area contributed by atoms with E-state index in [1.54, 1.807) is 4.90 Å². The van der Waals surface area contributed by atoms with Crippen LogP contribution < -0.4 is 0 Å². The van der Waals surface area contributed by atoms with Gasteiger partial charge in [-0.2, -0.15) is 0 Å². The van der Waals surface area contributed by atoms with E-state index >= 15 is 0 Å². The van der Waals surface area contributed by atoms with Gasteiger partial charge in [0.2, 0.25) is 0 Å². The van der Waals surface area contributed by atoms with Gasteiger partial charge in [-0.1, -0.05) is 30.3 Å². The maximum Gasteiger partial charge on any atom is 0.410 e. The minimum atomic E-state index is -0.627. The zero-order valence-corrected chi connectivity index (χ0v) is 13.5. The summed E-state index contributed by atoms with van der Waals surface area (Å²) >= 11 is 0. The number of carbonyl (C=O) groups excluding carboxylic acids is 1. The molecule has 1 amide bonds. The molecule has 5 nitrogen and oxygen atoms in total. The molecule has 0 aliphatic carbocycles. The van der Waals surface area contributed by atoms with E-state index in [1.807, 2.05) is 51.1 Å². The van der Waals surface area contributed by atoms with Gasteiger partial charge in [-0.05, 0) is 26.3 Å². The van der Waals surface area contributed by atoms with Crippen LogP contribution >= 0.6 is 0 Å². The number of ether oxygens (including phenoxy) is 2. The first-order valence-electron chi connectivity index (χ1n) is 7.67. The average Bonchev–Trinajstić information content (AvgIpc) is 2.47. The second-order valence-electron chi connectivity index (χ2n) is 6.56. The third kappa shape index (κ3) is 4.71. The lowest BCUT2D eigenvalue weighted by atomic mass is 10.0. The number of hydrogen-bond donors (Lipinski definition) is 1. The Morgan fingerprint density at radius 3 is 2.73 bits per heavy atom. The van der Waals surface area contributed by atoms with E-state index in [-0.39, 0.29) is 12.1 Å². The first kappa shape index (κ1) is 16.8. The number of carbonyl (C=O) groups is 1. The third-order valence-electron chi connectivity index (χ3n) is 3.54. The van der Waals surface area contributed by atoms with E-state index in [4.69, 9.17) is 9.47 Å². The Balaban J connectivity index is 2.02. The fourth-order valence-electron chi connectivity index (χ4n) is 2.48. The molecule has 122 valence electrons. The summed E-state index contributed by atoms with van der Waals surface area (Å²) in [5.74, 6) is 0. The monoisotopic (exact) mass is 307 g/mol. The molecule has 0 radical (unpaired) electrons. The molecule has 1 aromatic carbocycles. The van der Waals surface area contributed by atoms with Crippen molar-refractivity contribution in [1.82, 2.24) is 4.90 Å². The maximum atomic E-state index is 12.3. The number of morpholine rings is 1. The number of aliphatic hydroxyl groups excluding tert-OH is 1. The highest BCUT2D eigenvalue weighted by molar-refractivity contribution is 5.68. The summed E-state index contributed by atoms with van der Waals surface area (Å²) in [6, 6.07) is 9.27. The van der Waals surface area contributed by atoms with E-state index in [9.17, 15) is 9.90 Å². The van der Waals surface area contributed by atoms with Crippen LogP contribution in [0, 0.1) is 0 Å². The van der Waals surface area contributed by atoms with Gasteiger partial charge in [0.15, 0.2) is 0 Å². The fourth-order valence-corrected chi connectivity index (χ4v) is 2.48. The summed E-state index contributed by atoms with van der Waals surface area (Å²) in [4.78, 5) is 14.0. The van der Waals surface area contributed by atoms with Crippen LogP contribution in [0.4, 0.5) is 4.79 Å². The molecule has 0 bridgehead atoms. The predicted molar refractivity (Wildman–Crippen MR) is 83.6 cm³/mol. The molecule has 2 unspecified atom stereocenters. The Morgan fingerprint density at radius 2 is 2.09 bits per heavy atom. The molecule has 1 aliphatic rings. The van der Waals surface area contributed by atoms with E-state index in [0.29, 0.717) is 26.2 Å². The van der Waals surface area contributed by atoms with Gasteiger partial charge in [0, 0.05) is 13.0 Å². The fraction of sp³-hybridized carbons (Fsp3) is 0.588. The number of benzene rings is 1. The zero-order valence-electron chi connectivity index (χ0n) is 13.5. The molecule has 5 heteroatoms. The van der Waals surface area contributed by atoms with Crippen molar-refractivity contribution < 1.29 is 19.4 Å². The molecule has 1 aromatic rings. The minimum Gasteiger partial charge on any atom is -0.444 e. The van der Waals surface area contributed by atoms with Crippen molar-refractivity contribution in [1.29, 1.82) is 0 Å². The van der Waals surface area contributed by atoms with Crippen molar-refractivity contribution in [3.63, 3.8) is 0 Å². The van der Waals surface area contributed by atoms with E-state index in [0.717, 1.165) is 5.56 Å². The van der Waals surface area contributed by atoms with Crippen molar-refractivity contribution in [3.05, 3.63) is 35.9 Å². The van der Waals surface area contributed by atoms with Crippen molar-refractivity contribution in [3.8, 4) is 0 Å². The normalized spacial score (nSPS) is 20.5. The lowest BCUT2D eigenvalue weighted by molar-refractivity contribution is -0.0430. The van der Waals surface area contributed by atoms with Crippen molar-refractivity contribution in [2.24, 2.45) is 0 Å². The molecule has 2 atom stereocenters. The smallest absolute Gasteiger partial charge is 0.410 e. The highest BCUT2D eigenvalue weighted by atomic mass is 16.6. The Morgan fingerprint density at radius 1 is 1.41 bits per heavy atom. The number of rotatable bonds is 3. The van der Waals surface area contributed by atoms with Gasteiger partial charge in [-0.15, -0.1) is 0 Å². The number of aliphatic hydroxyl groups is 1.